The Balaban J connectivity index is 1.25. The summed E-state index contributed by atoms with van der Waals surface area (Å²) in [4.78, 5) is 29.8. The molecule has 1 fully saturated rings. The second kappa shape index (κ2) is 12.1. The molecule has 2 aliphatic rings. The summed E-state index contributed by atoms with van der Waals surface area (Å²) in [5.74, 6) is 1.16. The van der Waals surface area contributed by atoms with Crippen LogP contribution in [0.3, 0.4) is 0 Å². The number of carbonyl (C=O) groups is 1. The highest BCUT2D eigenvalue weighted by atomic mass is 28.3. The molecular weight excluding hydrogens is 623 g/mol. The first-order valence-corrected chi connectivity index (χ1v) is 19.4. The van der Waals surface area contributed by atoms with Crippen molar-refractivity contribution in [3.8, 4) is 17.2 Å². The third-order valence-corrected chi connectivity index (χ3v) is 14.9. The number of aromatic amines is 1. The van der Waals surface area contributed by atoms with E-state index in [1.807, 2.05) is 83.8 Å². The molecule has 2 aliphatic heterocycles. The number of rotatable bonds is 9. The maximum Gasteiger partial charge on any atom is 0.279 e. The highest BCUT2D eigenvalue weighted by Gasteiger charge is 2.66. The number of H-pyrrole nitrogens is 1. The van der Waals surface area contributed by atoms with Gasteiger partial charge < -0.3 is 24.2 Å². The number of aliphatic hydroxyl groups is 1. The van der Waals surface area contributed by atoms with Crippen LogP contribution in [0.1, 0.15) is 24.5 Å². The van der Waals surface area contributed by atoms with Crippen LogP contribution >= 0.6 is 0 Å². The summed E-state index contributed by atoms with van der Waals surface area (Å²) in [7, 11) is 0.996. The Hall–Kier alpha value is -4.64. The molecule has 1 amide bonds. The van der Waals surface area contributed by atoms with Crippen LogP contribution in [-0.4, -0.2) is 55.8 Å². The predicted molar refractivity (Wildman–Crippen MR) is 189 cm³/mol. The van der Waals surface area contributed by atoms with Crippen LogP contribution < -0.4 is 25.1 Å². The van der Waals surface area contributed by atoms with Crippen LogP contribution in [0.15, 0.2) is 95.8 Å². The number of hydrogen-bond donors (Lipinski definition) is 2. The van der Waals surface area contributed by atoms with E-state index in [9.17, 15) is 14.7 Å². The molecule has 1 spiro atoms. The summed E-state index contributed by atoms with van der Waals surface area (Å²) in [6.07, 6.45) is 0.121. The molecule has 9 nitrogen and oxygen atoms in total. The first-order chi connectivity index (χ1) is 23.1. The Morgan fingerprint density at radius 3 is 2.27 bits per heavy atom. The number of ether oxygens (including phenoxy) is 3. The fraction of sp³-hybridized carbons (Fsp3) is 0.316. The molecule has 0 saturated carbocycles. The molecule has 1 aromatic heterocycles. The number of amides is 1. The van der Waals surface area contributed by atoms with E-state index in [2.05, 4.69) is 37.2 Å². The van der Waals surface area contributed by atoms with Gasteiger partial charge in [-0.15, -0.1) is 0 Å². The third kappa shape index (κ3) is 4.89. The van der Waals surface area contributed by atoms with E-state index in [4.69, 9.17) is 14.2 Å². The van der Waals surface area contributed by atoms with Crippen LogP contribution in [0.5, 0.6) is 11.5 Å². The summed E-state index contributed by atoms with van der Waals surface area (Å²) in [5.41, 5.74) is 2.67. The lowest BCUT2D eigenvalue weighted by molar-refractivity contribution is -0.146. The zero-order chi connectivity index (χ0) is 33.8. The molecule has 248 valence electrons. The molecule has 0 radical (unpaired) electrons. The van der Waals surface area contributed by atoms with Crippen LogP contribution in [0, 0.1) is 5.92 Å². The standard InChI is InChI=1S/C38H41N3O6Si/c1-24-35(48(4,5)29-17-14-27(45-2)15-18-29)34(20-21-42)47-38(24)31-22-28(46-3)16-19-33(31)40(37(38)44)23-25-10-12-26(13-11-25)41-36(43)30-8-6-7-9-32(30)39-41/h6-19,22,24,34-35,39,42H,20-21,23H2,1-5H3/t24-,34+,35-,38+/m0/s1. The van der Waals surface area contributed by atoms with Crippen molar-refractivity contribution in [3.05, 3.63) is 112 Å². The van der Waals surface area contributed by atoms with Gasteiger partial charge >= 0.3 is 0 Å². The number of carbonyl (C=O) groups excluding carboxylic acids is 1. The van der Waals surface area contributed by atoms with Gasteiger partial charge in [0, 0.05) is 18.1 Å². The van der Waals surface area contributed by atoms with Crippen molar-refractivity contribution in [2.24, 2.45) is 5.92 Å². The number of benzene rings is 4. The minimum absolute atomic E-state index is 0.0360. The zero-order valence-electron chi connectivity index (χ0n) is 27.9. The first-order valence-electron chi connectivity index (χ1n) is 16.4. The molecule has 5 aromatic rings. The first kappa shape index (κ1) is 31.9. The molecule has 48 heavy (non-hydrogen) atoms. The van der Waals surface area contributed by atoms with Crippen molar-refractivity contribution in [1.82, 2.24) is 9.78 Å². The molecule has 7 rings (SSSR count). The third-order valence-electron chi connectivity index (χ3n) is 10.6. The summed E-state index contributed by atoms with van der Waals surface area (Å²) in [5, 5.41) is 15.2. The molecule has 2 N–H and O–H groups in total. The van der Waals surface area contributed by atoms with Crippen LogP contribution in [0.25, 0.3) is 16.6 Å². The highest BCUT2D eigenvalue weighted by Crippen LogP contribution is 2.60. The Kier molecular flexibility index (Phi) is 8.05. The van der Waals surface area contributed by atoms with Gasteiger partial charge in [0.25, 0.3) is 11.5 Å². The van der Waals surface area contributed by atoms with E-state index < -0.39 is 13.7 Å². The number of para-hydroxylation sites is 1. The van der Waals surface area contributed by atoms with Crippen molar-refractivity contribution in [2.75, 3.05) is 25.7 Å². The van der Waals surface area contributed by atoms with Gasteiger partial charge in [-0.25, -0.2) is 4.68 Å². The number of aromatic nitrogens is 2. The number of aliphatic hydroxyl groups excluding tert-OH is 1. The van der Waals surface area contributed by atoms with Crippen LogP contribution in [0.4, 0.5) is 5.69 Å². The van der Waals surface area contributed by atoms with Gasteiger partial charge in [-0.1, -0.05) is 61.6 Å². The fourth-order valence-electron chi connectivity index (χ4n) is 8.15. The van der Waals surface area contributed by atoms with E-state index in [1.165, 1.54) is 9.87 Å². The van der Waals surface area contributed by atoms with Crippen molar-refractivity contribution in [3.63, 3.8) is 0 Å². The summed E-state index contributed by atoms with van der Waals surface area (Å²) in [6.45, 7) is 7.08. The lowest BCUT2D eigenvalue weighted by atomic mass is 9.82. The Morgan fingerprint density at radius 2 is 1.60 bits per heavy atom. The fourth-order valence-corrected chi connectivity index (χ4v) is 12.2. The number of methoxy groups -OCH3 is 2. The molecule has 1 saturated heterocycles. The van der Waals surface area contributed by atoms with E-state index in [-0.39, 0.29) is 35.6 Å². The van der Waals surface area contributed by atoms with Crippen molar-refractivity contribution in [1.29, 1.82) is 0 Å². The number of nitrogens with zero attached hydrogens (tertiary/aromatic N) is 2. The number of nitrogens with one attached hydrogen (secondary N) is 1. The second-order valence-electron chi connectivity index (χ2n) is 13.4. The van der Waals surface area contributed by atoms with Gasteiger partial charge in [0.2, 0.25) is 0 Å². The minimum Gasteiger partial charge on any atom is -0.497 e. The van der Waals surface area contributed by atoms with Crippen molar-refractivity contribution < 1.29 is 24.1 Å². The Bertz CT molecular complexity index is 2040. The number of hydrogen-bond acceptors (Lipinski definition) is 6. The van der Waals surface area contributed by atoms with Gasteiger partial charge in [0.1, 0.15) is 11.5 Å². The lowest BCUT2D eigenvalue weighted by Gasteiger charge is -2.37. The molecule has 10 heteroatoms. The van der Waals surface area contributed by atoms with E-state index in [0.29, 0.717) is 29.8 Å². The molecule has 3 heterocycles. The average Bonchev–Trinajstić information content (AvgIpc) is 3.68. The smallest absolute Gasteiger partial charge is 0.279 e. The topological polar surface area (TPSA) is 106 Å². The molecule has 4 aromatic carbocycles. The van der Waals surface area contributed by atoms with E-state index in [1.54, 1.807) is 14.2 Å². The Morgan fingerprint density at radius 1 is 0.917 bits per heavy atom. The van der Waals surface area contributed by atoms with E-state index in [0.717, 1.165) is 28.1 Å². The largest absolute Gasteiger partial charge is 0.497 e. The van der Waals surface area contributed by atoms with Gasteiger partial charge in [-0.3, -0.25) is 14.7 Å². The summed E-state index contributed by atoms with van der Waals surface area (Å²) in [6, 6.07) is 29.1. The van der Waals surface area contributed by atoms with Gasteiger partial charge in [0.15, 0.2) is 5.60 Å². The summed E-state index contributed by atoms with van der Waals surface area (Å²) >= 11 is 0. The Labute approximate surface area is 280 Å². The summed E-state index contributed by atoms with van der Waals surface area (Å²) < 4.78 is 19.6. The minimum atomic E-state index is -2.29. The monoisotopic (exact) mass is 663 g/mol. The van der Waals surface area contributed by atoms with E-state index >= 15 is 0 Å². The van der Waals surface area contributed by atoms with Gasteiger partial charge in [-0.2, -0.15) is 0 Å². The van der Waals surface area contributed by atoms with Crippen molar-refractivity contribution in [2.45, 2.75) is 50.2 Å². The number of fused-ring (bicyclic) bond motifs is 3. The molecule has 0 bridgehead atoms. The number of anilines is 1. The SMILES string of the molecule is COc1ccc([Si](C)(C)[C@@H]2[C@@H](CCO)O[C@]3(C(=O)N(Cc4ccc(-n5[nH]c6ccccc6c5=O)cc4)c4ccc(OC)cc43)[C@H]2C)cc1. The molecule has 0 unspecified atom stereocenters. The lowest BCUT2D eigenvalue weighted by Crippen LogP contribution is -2.51. The van der Waals surface area contributed by atoms with Crippen LogP contribution in [0.2, 0.25) is 18.6 Å². The molecular formula is C38H41N3O6Si. The normalized spacial score (nSPS) is 22.1. The van der Waals surface area contributed by atoms with Crippen molar-refractivity contribution >= 4 is 35.8 Å². The maximum absolute atomic E-state index is 14.9. The average molecular weight is 664 g/mol. The van der Waals surface area contributed by atoms with Crippen LogP contribution in [-0.2, 0) is 21.7 Å². The van der Waals surface area contributed by atoms with Gasteiger partial charge in [-0.05, 0) is 72.1 Å². The molecule has 0 aliphatic carbocycles. The second-order valence-corrected chi connectivity index (χ2v) is 18.1. The highest BCUT2D eigenvalue weighted by molar-refractivity contribution is 6.91. The quantitative estimate of drug-likeness (QED) is 0.203. The maximum atomic E-state index is 14.9. The molecule has 4 atom stereocenters. The van der Waals surface area contributed by atoms with Gasteiger partial charge in [0.05, 0.1) is 57.2 Å². The predicted octanol–water partition coefficient (Wildman–Crippen LogP) is 5.48. The zero-order valence-corrected chi connectivity index (χ0v) is 28.9.